The first-order chi connectivity index (χ1) is 6.24. The molecule has 76 valence electrons. The summed E-state index contributed by atoms with van der Waals surface area (Å²) in [5.74, 6) is 1.06. The van der Waals surface area contributed by atoms with Crippen LogP contribution < -0.4 is 0 Å². The molecule has 0 aliphatic carbocycles. The molecule has 3 heteroatoms. The Morgan fingerprint density at radius 3 is 2.46 bits per heavy atom. The van der Waals surface area contributed by atoms with Crippen molar-refractivity contribution in [1.29, 1.82) is 0 Å². The van der Waals surface area contributed by atoms with Gasteiger partial charge in [0.1, 0.15) is 0 Å². The molecular formula is C10H16Cl2O. The molecule has 0 amide bonds. The molecule has 0 saturated carbocycles. The Labute approximate surface area is 90.0 Å². The summed E-state index contributed by atoms with van der Waals surface area (Å²) in [7, 11) is 0. The van der Waals surface area contributed by atoms with Gasteiger partial charge in [-0.1, -0.05) is 23.3 Å². The first kappa shape index (κ1) is 13.0. The molecule has 0 bridgehead atoms. The van der Waals surface area contributed by atoms with Gasteiger partial charge in [0.05, 0.1) is 6.61 Å². The van der Waals surface area contributed by atoms with E-state index in [-0.39, 0.29) is 6.61 Å². The average Bonchev–Trinajstić information content (AvgIpc) is 2.16. The fourth-order valence-electron chi connectivity index (χ4n) is 0.901. The van der Waals surface area contributed by atoms with E-state index in [1.165, 1.54) is 5.57 Å². The summed E-state index contributed by atoms with van der Waals surface area (Å²) in [6, 6.07) is 0. The van der Waals surface area contributed by atoms with Gasteiger partial charge in [-0.15, -0.1) is 23.2 Å². The van der Waals surface area contributed by atoms with Gasteiger partial charge < -0.3 is 5.11 Å². The Kier molecular flexibility index (Phi) is 8.62. The summed E-state index contributed by atoms with van der Waals surface area (Å²) in [6.45, 7) is 2.04. The van der Waals surface area contributed by atoms with Crippen LogP contribution in [0.25, 0.3) is 0 Å². The number of hydrogen-bond acceptors (Lipinski definition) is 1. The third kappa shape index (κ3) is 7.12. The Morgan fingerprint density at radius 1 is 1.31 bits per heavy atom. The zero-order valence-corrected chi connectivity index (χ0v) is 9.41. The van der Waals surface area contributed by atoms with E-state index in [1.807, 2.05) is 19.1 Å². The van der Waals surface area contributed by atoms with Gasteiger partial charge in [-0.05, 0) is 19.8 Å². The normalized spacial score (nSPS) is 13.5. The molecule has 0 aliphatic rings. The van der Waals surface area contributed by atoms with E-state index in [1.54, 1.807) is 0 Å². The van der Waals surface area contributed by atoms with Crippen molar-refractivity contribution >= 4 is 23.2 Å². The molecule has 0 spiro atoms. The van der Waals surface area contributed by atoms with E-state index in [2.05, 4.69) is 0 Å². The molecule has 0 heterocycles. The highest BCUT2D eigenvalue weighted by molar-refractivity contribution is 6.20. The van der Waals surface area contributed by atoms with E-state index in [0.717, 1.165) is 18.4 Å². The van der Waals surface area contributed by atoms with Gasteiger partial charge in [-0.3, -0.25) is 0 Å². The molecule has 0 aromatic carbocycles. The van der Waals surface area contributed by atoms with Crippen LogP contribution in [0.5, 0.6) is 0 Å². The molecule has 0 aliphatic heterocycles. The lowest BCUT2D eigenvalue weighted by Gasteiger charge is -2.00. The van der Waals surface area contributed by atoms with E-state index in [9.17, 15) is 0 Å². The molecule has 0 fully saturated rings. The molecule has 0 aromatic heterocycles. The van der Waals surface area contributed by atoms with Crippen LogP contribution >= 0.6 is 23.2 Å². The topological polar surface area (TPSA) is 20.2 Å². The molecule has 0 radical (unpaired) electrons. The van der Waals surface area contributed by atoms with E-state index >= 15 is 0 Å². The standard InChI is InChI=1S/C10H16Cl2O/c1-9(8-13)3-2-4-10(7-12)5-6-11/h3,5,13H,2,4,6-8H2,1H3. The predicted molar refractivity (Wildman–Crippen MR) is 59.6 cm³/mol. The van der Waals surface area contributed by atoms with Gasteiger partial charge in [0.2, 0.25) is 0 Å². The lowest BCUT2D eigenvalue weighted by Crippen LogP contribution is -1.88. The minimum absolute atomic E-state index is 0.134. The van der Waals surface area contributed by atoms with Crippen molar-refractivity contribution in [3.05, 3.63) is 23.3 Å². The maximum absolute atomic E-state index is 8.73. The molecule has 0 atom stereocenters. The summed E-state index contributed by atoms with van der Waals surface area (Å²) < 4.78 is 0. The SMILES string of the molecule is CC(=CCCC(=CCCl)CCl)CO. The monoisotopic (exact) mass is 222 g/mol. The lowest BCUT2D eigenvalue weighted by molar-refractivity contribution is 0.331. The Bertz CT molecular complexity index is 185. The number of rotatable bonds is 6. The summed E-state index contributed by atoms with van der Waals surface area (Å²) in [4.78, 5) is 0. The van der Waals surface area contributed by atoms with Crippen molar-refractivity contribution in [2.75, 3.05) is 18.4 Å². The van der Waals surface area contributed by atoms with Crippen molar-refractivity contribution < 1.29 is 5.11 Å². The maximum Gasteiger partial charge on any atom is 0.0639 e. The van der Waals surface area contributed by atoms with Gasteiger partial charge in [-0.2, -0.15) is 0 Å². The predicted octanol–water partition coefficient (Wildman–Crippen LogP) is 3.11. The molecule has 1 N–H and O–H groups in total. The minimum Gasteiger partial charge on any atom is -0.392 e. The highest BCUT2D eigenvalue weighted by Crippen LogP contribution is 2.09. The molecule has 0 aromatic rings. The summed E-state index contributed by atoms with van der Waals surface area (Å²) in [5, 5.41) is 8.73. The molecule has 0 unspecified atom stereocenters. The number of aliphatic hydroxyl groups is 1. The smallest absolute Gasteiger partial charge is 0.0639 e. The third-order valence-electron chi connectivity index (χ3n) is 1.75. The molecule has 0 rings (SSSR count). The van der Waals surface area contributed by atoms with Gasteiger partial charge in [0.25, 0.3) is 0 Å². The maximum atomic E-state index is 8.73. The van der Waals surface area contributed by atoms with Crippen molar-refractivity contribution in [3.8, 4) is 0 Å². The molecule has 1 nitrogen and oxygen atoms in total. The number of alkyl halides is 2. The van der Waals surface area contributed by atoms with Crippen LogP contribution in [0.2, 0.25) is 0 Å². The highest BCUT2D eigenvalue weighted by atomic mass is 35.5. The zero-order valence-electron chi connectivity index (χ0n) is 7.89. The van der Waals surface area contributed by atoms with Crippen LogP contribution in [0.15, 0.2) is 23.3 Å². The quantitative estimate of drug-likeness (QED) is 0.541. The third-order valence-corrected chi connectivity index (χ3v) is 2.24. The van der Waals surface area contributed by atoms with Crippen LogP contribution in [-0.4, -0.2) is 23.5 Å². The fraction of sp³-hybridized carbons (Fsp3) is 0.600. The van der Waals surface area contributed by atoms with E-state index < -0.39 is 0 Å². The van der Waals surface area contributed by atoms with Crippen LogP contribution in [0.1, 0.15) is 19.8 Å². The second kappa shape index (κ2) is 8.61. The van der Waals surface area contributed by atoms with Gasteiger partial charge in [0.15, 0.2) is 0 Å². The Hall–Kier alpha value is 0.0200. The Morgan fingerprint density at radius 2 is 2.00 bits per heavy atom. The van der Waals surface area contributed by atoms with Crippen molar-refractivity contribution in [2.45, 2.75) is 19.8 Å². The summed E-state index contributed by atoms with van der Waals surface area (Å²) in [6.07, 6.45) is 5.81. The van der Waals surface area contributed by atoms with E-state index in [4.69, 9.17) is 28.3 Å². The molecular weight excluding hydrogens is 207 g/mol. The second-order valence-corrected chi connectivity index (χ2v) is 3.47. The number of hydrogen-bond donors (Lipinski definition) is 1. The Balaban J connectivity index is 3.79. The van der Waals surface area contributed by atoms with Crippen LogP contribution in [0, 0.1) is 0 Å². The van der Waals surface area contributed by atoms with Crippen LogP contribution in [0.4, 0.5) is 0 Å². The second-order valence-electron chi connectivity index (χ2n) is 2.90. The van der Waals surface area contributed by atoms with Crippen molar-refractivity contribution in [3.63, 3.8) is 0 Å². The first-order valence-electron chi connectivity index (χ1n) is 4.31. The minimum atomic E-state index is 0.134. The number of halogens is 2. The number of allylic oxidation sites excluding steroid dienone is 3. The van der Waals surface area contributed by atoms with Crippen LogP contribution in [0.3, 0.4) is 0 Å². The molecule has 0 saturated heterocycles. The van der Waals surface area contributed by atoms with Gasteiger partial charge in [0, 0.05) is 11.8 Å². The van der Waals surface area contributed by atoms with Crippen LogP contribution in [-0.2, 0) is 0 Å². The number of aliphatic hydroxyl groups excluding tert-OH is 1. The average molecular weight is 223 g/mol. The van der Waals surface area contributed by atoms with Gasteiger partial charge >= 0.3 is 0 Å². The lowest BCUT2D eigenvalue weighted by atomic mass is 10.1. The zero-order chi connectivity index (χ0) is 10.1. The van der Waals surface area contributed by atoms with Crippen molar-refractivity contribution in [2.24, 2.45) is 0 Å². The molecule has 13 heavy (non-hydrogen) atoms. The first-order valence-corrected chi connectivity index (χ1v) is 5.37. The largest absolute Gasteiger partial charge is 0.392 e. The van der Waals surface area contributed by atoms with E-state index in [0.29, 0.717) is 11.8 Å². The fourth-order valence-corrected chi connectivity index (χ4v) is 1.36. The van der Waals surface area contributed by atoms with Crippen molar-refractivity contribution in [1.82, 2.24) is 0 Å². The summed E-state index contributed by atoms with van der Waals surface area (Å²) >= 11 is 11.3. The summed E-state index contributed by atoms with van der Waals surface area (Å²) in [5.41, 5.74) is 2.17. The highest BCUT2D eigenvalue weighted by Gasteiger charge is 1.93. The van der Waals surface area contributed by atoms with Gasteiger partial charge in [-0.25, -0.2) is 0 Å².